The highest BCUT2D eigenvalue weighted by molar-refractivity contribution is 6.36. The lowest BCUT2D eigenvalue weighted by molar-refractivity contribution is 0.249. The quantitative estimate of drug-likeness (QED) is 0.924. The Morgan fingerprint density at radius 2 is 2.10 bits per heavy atom. The number of hydrogen-bond donors (Lipinski definition) is 1. The minimum absolute atomic E-state index is 0.171. The van der Waals surface area contributed by atoms with E-state index in [1.165, 1.54) is 0 Å². The van der Waals surface area contributed by atoms with Crippen molar-refractivity contribution in [3.63, 3.8) is 0 Å². The number of aromatic nitrogens is 2. The van der Waals surface area contributed by atoms with Crippen LogP contribution in [0, 0.1) is 0 Å². The third-order valence-corrected chi connectivity index (χ3v) is 4.83. The Morgan fingerprint density at radius 1 is 1.33 bits per heavy atom. The summed E-state index contributed by atoms with van der Waals surface area (Å²) in [5.74, 6) is 1.28. The second-order valence-electron chi connectivity index (χ2n) is 5.36. The van der Waals surface area contributed by atoms with E-state index in [0.29, 0.717) is 28.2 Å². The lowest BCUT2D eigenvalue weighted by atomic mass is 9.94. The zero-order valence-corrected chi connectivity index (χ0v) is 13.3. The summed E-state index contributed by atoms with van der Waals surface area (Å²) in [6.45, 7) is 3.12. The van der Waals surface area contributed by atoms with Gasteiger partial charge in [-0.05, 0) is 43.5 Å². The van der Waals surface area contributed by atoms with Crippen LogP contribution < -0.4 is 5.32 Å². The molecule has 0 bridgehead atoms. The molecule has 0 saturated carbocycles. The van der Waals surface area contributed by atoms with Crippen molar-refractivity contribution in [3.05, 3.63) is 45.5 Å². The highest BCUT2D eigenvalue weighted by Crippen LogP contribution is 2.33. The molecule has 1 aliphatic heterocycles. The molecular formula is C15H17Cl2N3O. The Kier molecular flexibility index (Phi) is 4.20. The Morgan fingerprint density at radius 3 is 2.71 bits per heavy atom. The van der Waals surface area contributed by atoms with Crippen LogP contribution in [0.2, 0.25) is 10.0 Å². The van der Waals surface area contributed by atoms with Gasteiger partial charge in [-0.3, -0.25) is 0 Å². The van der Waals surface area contributed by atoms with Crippen LogP contribution >= 0.6 is 23.2 Å². The van der Waals surface area contributed by atoms with E-state index in [1.54, 1.807) is 0 Å². The second kappa shape index (κ2) is 5.95. The van der Waals surface area contributed by atoms with Crippen molar-refractivity contribution >= 4 is 23.2 Å². The zero-order valence-electron chi connectivity index (χ0n) is 11.8. The summed E-state index contributed by atoms with van der Waals surface area (Å²) in [4.78, 5) is 4.56. The second-order valence-corrected chi connectivity index (χ2v) is 6.17. The van der Waals surface area contributed by atoms with E-state index in [0.717, 1.165) is 31.4 Å². The molecule has 6 heteroatoms. The summed E-state index contributed by atoms with van der Waals surface area (Å²) in [5, 5.41) is 8.82. The summed E-state index contributed by atoms with van der Waals surface area (Å²) in [7, 11) is 0. The van der Waals surface area contributed by atoms with E-state index in [-0.39, 0.29) is 5.54 Å². The van der Waals surface area contributed by atoms with Crippen molar-refractivity contribution in [2.75, 3.05) is 6.54 Å². The maximum atomic E-state index is 6.19. The molecule has 112 valence electrons. The van der Waals surface area contributed by atoms with Gasteiger partial charge in [0.05, 0.1) is 5.54 Å². The summed E-state index contributed by atoms with van der Waals surface area (Å²) in [6, 6.07) is 5.45. The fourth-order valence-electron chi connectivity index (χ4n) is 2.82. The van der Waals surface area contributed by atoms with Gasteiger partial charge >= 0.3 is 0 Å². The van der Waals surface area contributed by atoms with Gasteiger partial charge in [0.1, 0.15) is 0 Å². The third-order valence-electron chi connectivity index (χ3n) is 4.12. The van der Waals surface area contributed by atoms with Gasteiger partial charge in [0.2, 0.25) is 5.89 Å². The molecule has 1 N–H and O–H groups in total. The number of rotatable bonds is 4. The Balaban J connectivity index is 1.86. The summed E-state index contributed by atoms with van der Waals surface area (Å²) >= 11 is 12.4. The molecule has 1 atom stereocenters. The SMILES string of the molecule is CCC1(c2nc(Cc3c(Cl)cccc3Cl)no2)CCCN1. The number of nitrogens with one attached hydrogen (secondary N) is 1. The molecule has 3 rings (SSSR count). The molecule has 1 aromatic carbocycles. The zero-order chi connectivity index (χ0) is 14.9. The first-order valence-electron chi connectivity index (χ1n) is 7.15. The molecular weight excluding hydrogens is 309 g/mol. The summed E-state index contributed by atoms with van der Waals surface area (Å²) in [6.07, 6.45) is 3.56. The first-order valence-corrected chi connectivity index (χ1v) is 7.91. The largest absolute Gasteiger partial charge is 0.337 e. The van der Waals surface area contributed by atoms with Gasteiger partial charge in [0, 0.05) is 16.5 Å². The first kappa shape index (κ1) is 14.8. The smallest absolute Gasteiger partial charge is 0.246 e. The van der Waals surface area contributed by atoms with Gasteiger partial charge in [-0.2, -0.15) is 4.98 Å². The number of halogens is 2. The molecule has 1 aromatic heterocycles. The van der Waals surface area contributed by atoms with Crippen LogP contribution in [0.1, 0.15) is 43.5 Å². The number of benzene rings is 1. The van der Waals surface area contributed by atoms with Gasteiger partial charge in [-0.25, -0.2) is 0 Å². The molecule has 1 aliphatic rings. The van der Waals surface area contributed by atoms with Crippen molar-refractivity contribution in [1.29, 1.82) is 0 Å². The Hall–Kier alpha value is -1.10. The third kappa shape index (κ3) is 2.80. The molecule has 1 saturated heterocycles. The maximum Gasteiger partial charge on any atom is 0.246 e. The average Bonchev–Trinajstić information content (AvgIpc) is 3.13. The minimum Gasteiger partial charge on any atom is -0.337 e. The molecule has 0 aliphatic carbocycles. The average molecular weight is 326 g/mol. The molecule has 2 aromatic rings. The summed E-state index contributed by atoms with van der Waals surface area (Å²) < 4.78 is 5.48. The Labute approximate surface area is 133 Å². The van der Waals surface area contributed by atoms with Crippen molar-refractivity contribution in [2.24, 2.45) is 0 Å². The van der Waals surface area contributed by atoms with Crippen LogP contribution in [-0.4, -0.2) is 16.7 Å². The highest BCUT2D eigenvalue weighted by Gasteiger charge is 2.38. The number of nitrogens with zero attached hydrogens (tertiary/aromatic N) is 2. The predicted octanol–water partition coefficient (Wildman–Crippen LogP) is 3.96. The summed E-state index contributed by atoms with van der Waals surface area (Å²) in [5.41, 5.74) is 0.660. The van der Waals surface area contributed by atoms with Gasteiger partial charge in [0.15, 0.2) is 5.82 Å². The van der Waals surface area contributed by atoms with Crippen molar-refractivity contribution < 1.29 is 4.52 Å². The molecule has 0 amide bonds. The van der Waals surface area contributed by atoms with Crippen LogP contribution in [0.25, 0.3) is 0 Å². The molecule has 21 heavy (non-hydrogen) atoms. The molecule has 0 radical (unpaired) electrons. The topological polar surface area (TPSA) is 51.0 Å². The molecule has 4 nitrogen and oxygen atoms in total. The van der Waals surface area contributed by atoms with E-state index < -0.39 is 0 Å². The molecule has 2 heterocycles. The monoisotopic (exact) mass is 325 g/mol. The molecule has 1 unspecified atom stereocenters. The maximum absolute atomic E-state index is 6.19. The van der Waals surface area contributed by atoms with Gasteiger partial charge < -0.3 is 9.84 Å². The lowest BCUT2D eigenvalue weighted by Gasteiger charge is -2.22. The van der Waals surface area contributed by atoms with Crippen molar-refractivity contribution in [2.45, 2.75) is 38.1 Å². The van der Waals surface area contributed by atoms with Gasteiger partial charge in [0.25, 0.3) is 0 Å². The molecule has 0 spiro atoms. The van der Waals surface area contributed by atoms with Crippen molar-refractivity contribution in [3.8, 4) is 0 Å². The number of hydrogen-bond acceptors (Lipinski definition) is 4. The van der Waals surface area contributed by atoms with E-state index >= 15 is 0 Å². The van der Waals surface area contributed by atoms with Gasteiger partial charge in [-0.15, -0.1) is 0 Å². The van der Waals surface area contributed by atoms with E-state index in [2.05, 4.69) is 22.4 Å². The van der Waals surface area contributed by atoms with E-state index in [1.807, 2.05) is 18.2 Å². The van der Waals surface area contributed by atoms with Crippen LogP contribution in [0.4, 0.5) is 0 Å². The van der Waals surface area contributed by atoms with Crippen LogP contribution in [0.5, 0.6) is 0 Å². The van der Waals surface area contributed by atoms with Gasteiger partial charge in [-0.1, -0.05) is 41.3 Å². The first-order chi connectivity index (χ1) is 10.1. The van der Waals surface area contributed by atoms with Crippen LogP contribution in [-0.2, 0) is 12.0 Å². The minimum atomic E-state index is -0.171. The van der Waals surface area contributed by atoms with Crippen LogP contribution in [0.3, 0.4) is 0 Å². The van der Waals surface area contributed by atoms with Crippen LogP contribution in [0.15, 0.2) is 22.7 Å². The fraction of sp³-hybridized carbons (Fsp3) is 0.467. The molecule has 1 fully saturated rings. The predicted molar refractivity (Wildman–Crippen MR) is 82.8 cm³/mol. The lowest BCUT2D eigenvalue weighted by Crippen LogP contribution is -2.36. The van der Waals surface area contributed by atoms with Crippen molar-refractivity contribution in [1.82, 2.24) is 15.5 Å². The van der Waals surface area contributed by atoms with E-state index in [4.69, 9.17) is 27.7 Å². The fourth-order valence-corrected chi connectivity index (χ4v) is 3.35. The Bertz CT molecular complexity index is 615. The normalized spacial score (nSPS) is 21.9. The standard InChI is InChI=1S/C15H17Cl2N3O/c1-2-15(7-4-8-18-15)14-19-13(20-21-14)9-10-11(16)5-3-6-12(10)17/h3,5-6,18H,2,4,7-9H2,1H3. The highest BCUT2D eigenvalue weighted by atomic mass is 35.5. The van der Waals surface area contributed by atoms with E-state index in [9.17, 15) is 0 Å².